The van der Waals surface area contributed by atoms with Crippen molar-refractivity contribution in [3.63, 3.8) is 0 Å². The van der Waals surface area contributed by atoms with E-state index in [2.05, 4.69) is 17.2 Å². The summed E-state index contributed by atoms with van der Waals surface area (Å²) >= 11 is 1.29. The minimum atomic E-state index is -0.00211. The van der Waals surface area contributed by atoms with Crippen molar-refractivity contribution < 1.29 is 9.21 Å². The minimum Gasteiger partial charge on any atom is -0.431 e. The van der Waals surface area contributed by atoms with E-state index in [1.54, 1.807) is 18.2 Å². The highest BCUT2D eigenvalue weighted by molar-refractivity contribution is 7.99. The van der Waals surface area contributed by atoms with Crippen LogP contribution in [0, 0.1) is 0 Å². The van der Waals surface area contributed by atoms with Crippen LogP contribution in [0.15, 0.2) is 27.8 Å². The summed E-state index contributed by atoms with van der Waals surface area (Å²) in [6.07, 6.45) is 2.04. The van der Waals surface area contributed by atoms with Gasteiger partial charge in [-0.15, -0.1) is 0 Å². The highest BCUT2D eigenvalue weighted by Gasteiger charge is 2.11. The molecule has 0 saturated heterocycles. The summed E-state index contributed by atoms with van der Waals surface area (Å²) in [6.45, 7) is 4.11. The van der Waals surface area contributed by atoms with Gasteiger partial charge in [0.25, 0.3) is 5.22 Å². The number of benzene rings is 1. The van der Waals surface area contributed by atoms with E-state index in [1.807, 2.05) is 6.92 Å². The first kappa shape index (κ1) is 14.7. The molecule has 1 amide bonds. The van der Waals surface area contributed by atoms with Crippen LogP contribution in [-0.4, -0.2) is 22.7 Å². The van der Waals surface area contributed by atoms with Crippen molar-refractivity contribution in [3.8, 4) is 0 Å². The molecular weight excluding hydrogens is 274 g/mol. The second-order valence-corrected chi connectivity index (χ2v) is 5.68. The molecule has 1 aromatic carbocycles. The lowest BCUT2D eigenvalue weighted by Gasteiger charge is -2.11. The predicted molar refractivity (Wildman–Crippen MR) is 81.7 cm³/mol. The van der Waals surface area contributed by atoms with Gasteiger partial charge in [-0.1, -0.05) is 25.1 Å². The molecule has 0 radical (unpaired) electrons. The van der Waals surface area contributed by atoms with Gasteiger partial charge in [-0.25, -0.2) is 4.98 Å². The molecule has 0 aliphatic carbocycles. The number of nitrogens with two attached hydrogens (primary N) is 1. The Labute approximate surface area is 122 Å². The number of oxazole rings is 1. The monoisotopic (exact) mass is 293 g/mol. The number of carbonyl (C=O) groups excluding carboxylic acids is 1. The van der Waals surface area contributed by atoms with E-state index in [-0.39, 0.29) is 11.9 Å². The normalized spacial score (nSPS) is 12.5. The van der Waals surface area contributed by atoms with Gasteiger partial charge in [-0.2, -0.15) is 0 Å². The van der Waals surface area contributed by atoms with Crippen molar-refractivity contribution in [3.05, 3.63) is 18.2 Å². The number of amides is 1. The van der Waals surface area contributed by atoms with Gasteiger partial charge >= 0.3 is 0 Å². The van der Waals surface area contributed by atoms with Crippen molar-refractivity contribution in [2.45, 2.75) is 38.0 Å². The average Bonchev–Trinajstić information content (AvgIpc) is 2.78. The number of anilines is 1. The first-order valence-corrected chi connectivity index (χ1v) is 7.65. The molecular formula is C14H19N3O2S. The summed E-state index contributed by atoms with van der Waals surface area (Å²) < 4.78 is 5.54. The Morgan fingerprint density at radius 3 is 3.10 bits per heavy atom. The maximum Gasteiger partial charge on any atom is 0.257 e. The molecule has 1 heterocycles. The zero-order valence-electron chi connectivity index (χ0n) is 11.7. The summed E-state index contributed by atoms with van der Waals surface area (Å²) in [7, 11) is 0. The molecule has 0 aliphatic rings. The van der Waals surface area contributed by atoms with Gasteiger partial charge in [0.2, 0.25) is 5.91 Å². The van der Waals surface area contributed by atoms with Crippen LogP contribution < -0.4 is 11.1 Å². The molecule has 0 fully saturated rings. The lowest BCUT2D eigenvalue weighted by molar-refractivity contribution is -0.119. The fraction of sp³-hybridized carbons (Fsp3) is 0.429. The van der Waals surface area contributed by atoms with Crippen LogP contribution in [0.5, 0.6) is 0 Å². The minimum absolute atomic E-state index is 0.00211. The maximum absolute atomic E-state index is 11.7. The summed E-state index contributed by atoms with van der Waals surface area (Å²) in [5.74, 6) is 0.300. The van der Waals surface area contributed by atoms with Crippen molar-refractivity contribution in [1.82, 2.24) is 10.3 Å². The Kier molecular flexibility index (Phi) is 4.89. The molecule has 20 heavy (non-hydrogen) atoms. The van der Waals surface area contributed by atoms with Crippen molar-refractivity contribution in [2.24, 2.45) is 0 Å². The molecule has 3 N–H and O–H groups in total. The lowest BCUT2D eigenvalue weighted by Crippen LogP contribution is -2.33. The van der Waals surface area contributed by atoms with E-state index in [1.165, 1.54) is 11.8 Å². The third-order valence-corrected chi connectivity index (χ3v) is 3.68. The second kappa shape index (κ2) is 6.65. The summed E-state index contributed by atoms with van der Waals surface area (Å²) in [6, 6.07) is 5.51. The number of carbonyl (C=O) groups is 1. The van der Waals surface area contributed by atoms with Crippen LogP contribution in [0.25, 0.3) is 11.1 Å². The molecule has 1 atom stereocenters. The lowest BCUT2D eigenvalue weighted by atomic mass is 10.2. The van der Waals surface area contributed by atoms with Crippen LogP contribution in [0.4, 0.5) is 5.69 Å². The predicted octanol–water partition coefficient (Wildman–Crippen LogP) is 2.81. The SMILES string of the molecule is CCCC(C)NC(=O)CSc1nc2cc(N)ccc2o1. The number of fused-ring (bicyclic) bond motifs is 1. The molecule has 108 valence electrons. The summed E-state index contributed by atoms with van der Waals surface area (Å²) in [5, 5.41) is 3.43. The van der Waals surface area contributed by atoms with E-state index in [0.29, 0.717) is 27.8 Å². The molecule has 0 aliphatic heterocycles. The molecule has 0 spiro atoms. The fourth-order valence-electron chi connectivity index (χ4n) is 1.93. The number of hydrogen-bond donors (Lipinski definition) is 2. The Morgan fingerprint density at radius 1 is 1.55 bits per heavy atom. The van der Waals surface area contributed by atoms with Crippen LogP contribution in [0.3, 0.4) is 0 Å². The zero-order valence-corrected chi connectivity index (χ0v) is 12.5. The van der Waals surface area contributed by atoms with E-state index in [9.17, 15) is 4.79 Å². The van der Waals surface area contributed by atoms with Crippen molar-refractivity contribution in [2.75, 3.05) is 11.5 Å². The second-order valence-electron chi connectivity index (χ2n) is 4.75. The van der Waals surface area contributed by atoms with E-state index in [4.69, 9.17) is 10.2 Å². The zero-order chi connectivity index (χ0) is 14.5. The molecule has 6 heteroatoms. The van der Waals surface area contributed by atoms with Gasteiger partial charge in [0.05, 0.1) is 5.75 Å². The Morgan fingerprint density at radius 2 is 2.35 bits per heavy atom. The highest BCUT2D eigenvalue weighted by Crippen LogP contribution is 2.24. The Balaban J connectivity index is 1.90. The number of nitrogens with zero attached hydrogens (tertiary/aromatic N) is 1. The molecule has 1 aromatic heterocycles. The largest absolute Gasteiger partial charge is 0.431 e. The average molecular weight is 293 g/mol. The molecule has 2 aromatic rings. The fourth-order valence-corrected chi connectivity index (χ4v) is 2.58. The van der Waals surface area contributed by atoms with E-state index in [0.717, 1.165) is 12.8 Å². The van der Waals surface area contributed by atoms with Gasteiger partial charge in [0.15, 0.2) is 5.58 Å². The highest BCUT2D eigenvalue weighted by atomic mass is 32.2. The summed E-state index contributed by atoms with van der Waals surface area (Å²) in [4.78, 5) is 16.0. The smallest absolute Gasteiger partial charge is 0.257 e. The van der Waals surface area contributed by atoms with Crippen molar-refractivity contribution in [1.29, 1.82) is 0 Å². The molecule has 2 rings (SSSR count). The first-order chi connectivity index (χ1) is 9.58. The first-order valence-electron chi connectivity index (χ1n) is 6.66. The number of nitrogen functional groups attached to an aromatic ring is 1. The van der Waals surface area contributed by atoms with Crippen LogP contribution in [-0.2, 0) is 4.79 Å². The van der Waals surface area contributed by atoms with Crippen LogP contribution in [0.2, 0.25) is 0 Å². The number of nitrogens with one attached hydrogen (secondary N) is 1. The van der Waals surface area contributed by atoms with Gasteiger partial charge in [0.1, 0.15) is 5.52 Å². The number of aromatic nitrogens is 1. The Bertz CT molecular complexity index is 597. The van der Waals surface area contributed by atoms with Gasteiger partial charge in [-0.3, -0.25) is 4.79 Å². The van der Waals surface area contributed by atoms with E-state index < -0.39 is 0 Å². The third-order valence-electron chi connectivity index (χ3n) is 2.85. The standard InChI is InChI=1S/C14H19N3O2S/c1-3-4-9(2)16-13(18)8-20-14-17-11-7-10(15)5-6-12(11)19-14/h5-7,9H,3-4,8,15H2,1-2H3,(H,16,18). The van der Waals surface area contributed by atoms with E-state index >= 15 is 0 Å². The molecule has 1 unspecified atom stereocenters. The number of rotatable bonds is 6. The van der Waals surface area contributed by atoms with Crippen LogP contribution in [0.1, 0.15) is 26.7 Å². The molecule has 0 saturated carbocycles. The number of hydrogen-bond acceptors (Lipinski definition) is 5. The van der Waals surface area contributed by atoms with Gasteiger partial charge < -0.3 is 15.5 Å². The molecule has 0 bridgehead atoms. The summed E-state index contributed by atoms with van der Waals surface area (Å²) in [5.41, 5.74) is 7.73. The Hall–Kier alpha value is -1.69. The van der Waals surface area contributed by atoms with Gasteiger partial charge in [-0.05, 0) is 31.5 Å². The topological polar surface area (TPSA) is 81.2 Å². The maximum atomic E-state index is 11.7. The number of thioether (sulfide) groups is 1. The molecule has 5 nitrogen and oxygen atoms in total. The van der Waals surface area contributed by atoms with Crippen molar-refractivity contribution >= 4 is 34.5 Å². The quantitative estimate of drug-likeness (QED) is 0.632. The van der Waals surface area contributed by atoms with Crippen LogP contribution >= 0.6 is 11.8 Å². The third kappa shape index (κ3) is 3.90. The van der Waals surface area contributed by atoms with Gasteiger partial charge in [0, 0.05) is 11.7 Å².